The standard InChI is InChI=1S/C22H27FN4O3S/c1-31(29,30)19-8-6-18(7-9-19)27(13-14-28)12-4-2-3-11-24-22-20-10-5-17(23)15-21(20)25-16-26-22/h5-10,15-16,28H,2-4,11-14H2,1H3,(H,24,25,26). The number of aromatic nitrogens is 2. The van der Waals surface area contributed by atoms with Gasteiger partial charge in [0.1, 0.15) is 18.0 Å². The lowest BCUT2D eigenvalue weighted by Crippen LogP contribution is -2.27. The topological polar surface area (TPSA) is 95.4 Å². The molecule has 0 fully saturated rings. The molecule has 1 aromatic heterocycles. The molecule has 0 radical (unpaired) electrons. The van der Waals surface area contributed by atoms with Crippen LogP contribution >= 0.6 is 0 Å². The molecule has 0 aliphatic carbocycles. The van der Waals surface area contributed by atoms with Gasteiger partial charge in [-0.25, -0.2) is 22.8 Å². The Bertz CT molecular complexity index is 1110. The molecule has 166 valence electrons. The van der Waals surface area contributed by atoms with Gasteiger partial charge in [0.15, 0.2) is 9.84 Å². The maximum absolute atomic E-state index is 13.3. The Hall–Kier alpha value is -2.78. The van der Waals surface area contributed by atoms with E-state index >= 15 is 0 Å². The molecule has 0 aliphatic rings. The van der Waals surface area contributed by atoms with Crippen LogP contribution in [0.15, 0.2) is 53.7 Å². The summed E-state index contributed by atoms with van der Waals surface area (Å²) in [4.78, 5) is 10.7. The average molecular weight is 447 g/mol. The summed E-state index contributed by atoms with van der Waals surface area (Å²) in [5.41, 5.74) is 1.46. The highest BCUT2D eigenvalue weighted by Gasteiger charge is 2.10. The summed E-state index contributed by atoms with van der Waals surface area (Å²) in [6.07, 6.45) is 5.42. The zero-order valence-electron chi connectivity index (χ0n) is 17.5. The van der Waals surface area contributed by atoms with Crippen LogP contribution in [-0.4, -0.2) is 56.0 Å². The van der Waals surface area contributed by atoms with Crippen molar-refractivity contribution in [1.82, 2.24) is 9.97 Å². The molecule has 0 amide bonds. The van der Waals surface area contributed by atoms with E-state index in [2.05, 4.69) is 15.3 Å². The van der Waals surface area contributed by atoms with Crippen LogP contribution in [0.1, 0.15) is 19.3 Å². The molecule has 2 aromatic carbocycles. The molecule has 3 aromatic rings. The van der Waals surface area contributed by atoms with Gasteiger partial charge in [0, 0.05) is 43.0 Å². The summed E-state index contributed by atoms with van der Waals surface area (Å²) in [7, 11) is -3.23. The van der Waals surface area contributed by atoms with Crippen LogP contribution in [0.3, 0.4) is 0 Å². The van der Waals surface area contributed by atoms with E-state index in [0.717, 1.165) is 43.4 Å². The molecule has 0 saturated carbocycles. The number of benzene rings is 2. The van der Waals surface area contributed by atoms with Gasteiger partial charge in [-0.1, -0.05) is 0 Å². The van der Waals surface area contributed by atoms with E-state index in [0.29, 0.717) is 17.9 Å². The minimum Gasteiger partial charge on any atom is -0.395 e. The third-order valence-electron chi connectivity index (χ3n) is 5.00. The molecule has 2 N–H and O–H groups in total. The molecule has 9 heteroatoms. The van der Waals surface area contributed by atoms with Gasteiger partial charge in [0.25, 0.3) is 0 Å². The van der Waals surface area contributed by atoms with E-state index < -0.39 is 9.84 Å². The number of rotatable bonds is 11. The first-order valence-electron chi connectivity index (χ1n) is 10.2. The Morgan fingerprint density at radius 1 is 1.03 bits per heavy atom. The number of aliphatic hydroxyl groups excluding tert-OH is 1. The molecule has 0 saturated heterocycles. The van der Waals surface area contributed by atoms with Crippen molar-refractivity contribution in [3.05, 3.63) is 54.6 Å². The predicted octanol–water partition coefficient (Wildman–Crippen LogP) is 3.25. The Morgan fingerprint density at radius 2 is 1.81 bits per heavy atom. The summed E-state index contributed by atoms with van der Waals surface area (Å²) in [6, 6.07) is 11.2. The van der Waals surface area contributed by atoms with Crippen molar-refractivity contribution in [3.8, 4) is 0 Å². The smallest absolute Gasteiger partial charge is 0.175 e. The monoisotopic (exact) mass is 446 g/mol. The van der Waals surface area contributed by atoms with Crippen LogP contribution in [0.2, 0.25) is 0 Å². The van der Waals surface area contributed by atoms with Crippen LogP contribution in [-0.2, 0) is 9.84 Å². The highest BCUT2D eigenvalue weighted by Crippen LogP contribution is 2.21. The fourth-order valence-electron chi connectivity index (χ4n) is 3.38. The lowest BCUT2D eigenvalue weighted by molar-refractivity contribution is 0.301. The molecule has 1 heterocycles. The molecule has 0 aliphatic heterocycles. The van der Waals surface area contributed by atoms with Gasteiger partial charge in [0.2, 0.25) is 0 Å². The zero-order valence-corrected chi connectivity index (χ0v) is 18.3. The van der Waals surface area contributed by atoms with Crippen molar-refractivity contribution < 1.29 is 17.9 Å². The Labute approximate surface area is 181 Å². The largest absolute Gasteiger partial charge is 0.395 e. The first kappa shape index (κ1) is 22.9. The Morgan fingerprint density at radius 3 is 2.52 bits per heavy atom. The van der Waals surface area contributed by atoms with E-state index in [1.807, 2.05) is 4.90 Å². The number of hydrogen-bond acceptors (Lipinski definition) is 7. The number of fused-ring (bicyclic) bond motifs is 1. The van der Waals surface area contributed by atoms with Gasteiger partial charge < -0.3 is 15.3 Å². The van der Waals surface area contributed by atoms with Gasteiger partial charge in [-0.2, -0.15) is 0 Å². The number of anilines is 2. The van der Waals surface area contributed by atoms with Crippen molar-refractivity contribution in [3.63, 3.8) is 0 Å². The van der Waals surface area contributed by atoms with E-state index in [9.17, 15) is 17.9 Å². The first-order valence-corrected chi connectivity index (χ1v) is 12.1. The second-order valence-electron chi connectivity index (χ2n) is 7.35. The molecule has 7 nitrogen and oxygen atoms in total. The Balaban J connectivity index is 1.48. The minimum absolute atomic E-state index is 0.0246. The lowest BCUT2D eigenvalue weighted by atomic mass is 10.2. The van der Waals surface area contributed by atoms with Crippen LogP contribution in [0.25, 0.3) is 10.9 Å². The maximum Gasteiger partial charge on any atom is 0.175 e. The average Bonchev–Trinajstić information content (AvgIpc) is 2.74. The predicted molar refractivity (Wildman–Crippen MR) is 121 cm³/mol. The van der Waals surface area contributed by atoms with Crippen molar-refractivity contribution in [1.29, 1.82) is 0 Å². The number of nitrogens with zero attached hydrogens (tertiary/aromatic N) is 3. The number of hydrogen-bond donors (Lipinski definition) is 2. The zero-order chi connectivity index (χ0) is 22.3. The number of aliphatic hydroxyl groups is 1. The van der Waals surface area contributed by atoms with Gasteiger partial charge in [0.05, 0.1) is 17.0 Å². The van der Waals surface area contributed by atoms with E-state index in [1.165, 1.54) is 24.7 Å². The second-order valence-corrected chi connectivity index (χ2v) is 9.36. The van der Waals surface area contributed by atoms with Gasteiger partial charge in [-0.3, -0.25) is 0 Å². The van der Waals surface area contributed by atoms with Crippen LogP contribution in [0.5, 0.6) is 0 Å². The quantitative estimate of drug-likeness (QED) is 0.437. The summed E-state index contributed by atoms with van der Waals surface area (Å²) in [6.45, 7) is 2.00. The third-order valence-corrected chi connectivity index (χ3v) is 6.12. The fraction of sp³-hybridized carbons (Fsp3) is 0.364. The maximum atomic E-state index is 13.3. The van der Waals surface area contributed by atoms with Crippen molar-refractivity contribution in [2.24, 2.45) is 0 Å². The fourth-order valence-corrected chi connectivity index (χ4v) is 4.01. The number of nitrogens with one attached hydrogen (secondary N) is 1. The number of halogens is 1. The summed E-state index contributed by atoms with van der Waals surface area (Å²) in [5.74, 6) is 0.369. The van der Waals surface area contributed by atoms with E-state index in [4.69, 9.17) is 0 Å². The third kappa shape index (κ3) is 6.35. The Kier molecular flexibility index (Phi) is 7.75. The van der Waals surface area contributed by atoms with Crippen molar-refractivity contribution in [2.45, 2.75) is 24.2 Å². The van der Waals surface area contributed by atoms with Crippen LogP contribution < -0.4 is 10.2 Å². The summed E-state index contributed by atoms with van der Waals surface area (Å²) >= 11 is 0. The summed E-state index contributed by atoms with van der Waals surface area (Å²) in [5, 5.41) is 13.4. The van der Waals surface area contributed by atoms with E-state index in [1.54, 1.807) is 30.3 Å². The normalized spacial score (nSPS) is 11.6. The van der Waals surface area contributed by atoms with Gasteiger partial charge in [-0.05, 0) is 55.7 Å². The molecule has 3 rings (SSSR count). The minimum atomic E-state index is -3.23. The highest BCUT2D eigenvalue weighted by molar-refractivity contribution is 7.90. The molecule has 31 heavy (non-hydrogen) atoms. The van der Waals surface area contributed by atoms with Crippen molar-refractivity contribution in [2.75, 3.05) is 42.7 Å². The molecular weight excluding hydrogens is 419 g/mol. The number of unbranched alkanes of at least 4 members (excludes halogenated alkanes) is 2. The van der Waals surface area contributed by atoms with E-state index in [-0.39, 0.29) is 17.3 Å². The van der Waals surface area contributed by atoms with Crippen molar-refractivity contribution >= 4 is 32.2 Å². The molecule has 0 unspecified atom stereocenters. The first-order chi connectivity index (χ1) is 14.9. The molecule has 0 bridgehead atoms. The molecular formula is C22H27FN4O3S. The number of sulfone groups is 1. The van der Waals surface area contributed by atoms with Gasteiger partial charge >= 0.3 is 0 Å². The van der Waals surface area contributed by atoms with Crippen LogP contribution in [0, 0.1) is 5.82 Å². The van der Waals surface area contributed by atoms with Crippen LogP contribution in [0.4, 0.5) is 15.9 Å². The summed E-state index contributed by atoms with van der Waals surface area (Å²) < 4.78 is 36.6. The molecule has 0 atom stereocenters. The second kappa shape index (κ2) is 10.5. The SMILES string of the molecule is CS(=O)(=O)c1ccc(N(CCO)CCCCCNc2ncnc3cc(F)ccc23)cc1. The lowest BCUT2D eigenvalue weighted by Gasteiger charge is -2.24. The highest BCUT2D eigenvalue weighted by atomic mass is 32.2. The molecule has 0 spiro atoms. The van der Waals surface area contributed by atoms with Gasteiger partial charge in [-0.15, -0.1) is 0 Å².